The van der Waals surface area contributed by atoms with Gasteiger partial charge in [-0.25, -0.2) is 0 Å². The molecule has 4 nitrogen and oxygen atoms in total. The van der Waals surface area contributed by atoms with Crippen LogP contribution in [0.2, 0.25) is 0 Å². The van der Waals surface area contributed by atoms with Gasteiger partial charge in [-0.3, -0.25) is 0 Å². The minimum Gasteiger partial charge on any atom is -0.464 e. The Morgan fingerprint density at radius 1 is 0.447 bits per heavy atom. The van der Waals surface area contributed by atoms with Crippen molar-refractivity contribution in [3.63, 3.8) is 0 Å². The molecule has 1 aliphatic rings. The van der Waals surface area contributed by atoms with Crippen LogP contribution < -0.4 is 0 Å². The SMILES string of the molecule is CCC1(CC)c2ccc([nH]2)C(C)(C)c2ccc([nH]2)C(CC)(CC)c2ccc(o2)C(CC)(CC)c2ccc1o2. The highest BCUT2D eigenvalue weighted by Gasteiger charge is 2.44. The Labute approximate surface area is 228 Å². The van der Waals surface area contributed by atoms with E-state index >= 15 is 0 Å². The molecule has 0 aromatic carbocycles. The van der Waals surface area contributed by atoms with Crippen molar-refractivity contribution in [1.82, 2.24) is 9.97 Å². The highest BCUT2D eigenvalue weighted by molar-refractivity contribution is 5.42. The average Bonchev–Trinajstić information content (AvgIpc) is 3.75. The fraction of sp³-hybridized carbons (Fsp3) is 0.529. The third-order valence-corrected chi connectivity index (χ3v) is 10.5. The van der Waals surface area contributed by atoms with Crippen molar-refractivity contribution < 1.29 is 8.83 Å². The van der Waals surface area contributed by atoms with Crippen LogP contribution in [-0.2, 0) is 21.7 Å². The smallest absolute Gasteiger partial charge is 0.117 e. The molecule has 204 valence electrons. The van der Waals surface area contributed by atoms with E-state index in [1.807, 2.05) is 0 Å². The molecule has 0 saturated carbocycles. The number of furan rings is 2. The van der Waals surface area contributed by atoms with E-state index in [1.165, 1.54) is 22.8 Å². The minimum absolute atomic E-state index is 0.212. The number of H-pyrrole nitrogens is 2. The maximum atomic E-state index is 6.91. The van der Waals surface area contributed by atoms with Gasteiger partial charge in [0, 0.05) is 28.2 Å². The van der Waals surface area contributed by atoms with Gasteiger partial charge in [-0.15, -0.1) is 0 Å². The van der Waals surface area contributed by atoms with Gasteiger partial charge in [0.25, 0.3) is 0 Å². The van der Waals surface area contributed by atoms with Gasteiger partial charge in [0.05, 0.1) is 16.2 Å². The topological polar surface area (TPSA) is 57.9 Å². The molecule has 0 aliphatic carbocycles. The predicted molar refractivity (Wildman–Crippen MR) is 155 cm³/mol. The number of nitrogens with one attached hydrogen (secondary N) is 2. The maximum absolute atomic E-state index is 6.91. The van der Waals surface area contributed by atoms with Gasteiger partial charge < -0.3 is 18.8 Å². The van der Waals surface area contributed by atoms with Crippen molar-refractivity contribution in [3.05, 3.63) is 94.3 Å². The molecule has 4 aromatic heterocycles. The lowest BCUT2D eigenvalue weighted by Gasteiger charge is -2.32. The lowest BCUT2D eigenvalue weighted by molar-refractivity contribution is 0.258. The zero-order chi connectivity index (χ0) is 27.3. The Morgan fingerprint density at radius 3 is 1.05 bits per heavy atom. The summed E-state index contributed by atoms with van der Waals surface area (Å²) in [7, 11) is 0. The van der Waals surface area contributed by atoms with Crippen LogP contribution in [0.5, 0.6) is 0 Å². The fourth-order valence-electron chi connectivity index (χ4n) is 7.22. The van der Waals surface area contributed by atoms with Crippen LogP contribution >= 0.6 is 0 Å². The Bertz CT molecular complexity index is 1280. The molecule has 5 rings (SSSR count). The van der Waals surface area contributed by atoms with E-state index in [0.717, 1.165) is 61.6 Å². The third kappa shape index (κ3) is 3.48. The lowest BCUT2D eigenvalue weighted by atomic mass is 9.77. The summed E-state index contributed by atoms with van der Waals surface area (Å²) in [4.78, 5) is 7.75. The van der Waals surface area contributed by atoms with Gasteiger partial charge in [-0.05, 0) is 101 Å². The van der Waals surface area contributed by atoms with Crippen molar-refractivity contribution in [2.45, 2.75) is 116 Å². The monoisotopic (exact) mass is 514 g/mol. The molecule has 1 aliphatic heterocycles. The van der Waals surface area contributed by atoms with Crippen LogP contribution in [0.4, 0.5) is 0 Å². The fourth-order valence-corrected chi connectivity index (χ4v) is 7.22. The first kappa shape index (κ1) is 26.7. The van der Waals surface area contributed by atoms with Crippen LogP contribution in [0.25, 0.3) is 0 Å². The normalized spacial score (nSPS) is 18.9. The number of fused-ring (bicyclic) bond motifs is 8. The first-order chi connectivity index (χ1) is 18.2. The van der Waals surface area contributed by atoms with Gasteiger partial charge in [0.2, 0.25) is 0 Å². The summed E-state index contributed by atoms with van der Waals surface area (Å²) in [5.41, 5.74) is 3.91. The number of aromatic amines is 2. The number of hydrogen-bond acceptors (Lipinski definition) is 2. The molecule has 4 aromatic rings. The minimum atomic E-state index is -0.308. The van der Waals surface area contributed by atoms with Crippen LogP contribution in [0, 0.1) is 0 Å². The van der Waals surface area contributed by atoms with Gasteiger partial charge in [-0.1, -0.05) is 41.5 Å². The highest BCUT2D eigenvalue weighted by atomic mass is 16.4. The Balaban J connectivity index is 1.83. The van der Waals surface area contributed by atoms with E-state index in [1.54, 1.807) is 0 Å². The van der Waals surface area contributed by atoms with Crippen LogP contribution in [0.15, 0.2) is 57.4 Å². The van der Waals surface area contributed by atoms with E-state index in [0.29, 0.717) is 0 Å². The van der Waals surface area contributed by atoms with Crippen molar-refractivity contribution in [1.29, 1.82) is 0 Å². The quantitative estimate of drug-likeness (QED) is 0.269. The molecule has 0 unspecified atom stereocenters. The molecule has 2 N–H and O–H groups in total. The Morgan fingerprint density at radius 2 is 0.737 bits per heavy atom. The largest absolute Gasteiger partial charge is 0.464 e. The maximum Gasteiger partial charge on any atom is 0.117 e. The second-order valence-electron chi connectivity index (χ2n) is 11.9. The second kappa shape index (κ2) is 9.39. The molecule has 0 amide bonds. The predicted octanol–water partition coefficient (Wildman–Crippen LogP) is 9.49. The van der Waals surface area contributed by atoms with Gasteiger partial charge in [-0.2, -0.15) is 0 Å². The molecule has 0 fully saturated rings. The van der Waals surface area contributed by atoms with E-state index in [4.69, 9.17) is 8.83 Å². The molecule has 4 heteroatoms. The van der Waals surface area contributed by atoms with E-state index in [9.17, 15) is 0 Å². The molecule has 0 atom stereocenters. The van der Waals surface area contributed by atoms with Gasteiger partial charge in [0.15, 0.2) is 0 Å². The van der Waals surface area contributed by atoms with E-state index in [2.05, 4.69) is 114 Å². The third-order valence-electron chi connectivity index (χ3n) is 10.5. The van der Waals surface area contributed by atoms with Gasteiger partial charge in [0.1, 0.15) is 23.0 Å². The molecule has 38 heavy (non-hydrogen) atoms. The average molecular weight is 515 g/mol. The number of rotatable bonds is 6. The summed E-state index contributed by atoms with van der Waals surface area (Å²) in [5.74, 6) is 4.08. The highest BCUT2D eigenvalue weighted by Crippen LogP contribution is 2.48. The number of hydrogen-bond donors (Lipinski definition) is 2. The zero-order valence-electron chi connectivity index (χ0n) is 24.7. The standard InChI is InChI=1S/C34H46N2O2/c1-9-32(10-2)25-17-15-23(35-25)31(7,8)24-16-18-26(36-24)33(11-3,12-4)28-20-22-30(38-28)34(13-5,14-6)29-21-19-27(32)37-29/h15-22,35-36H,9-14H2,1-8H3. The summed E-state index contributed by atoms with van der Waals surface area (Å²) in [6, 6.07) is 18.0. The number of aromatic nitrogens is 2. The first-order valence-electron chi connectivity index (χ1n) is 14.8. The molecule has 5 heterocycles. The summed E-state index contributed by atoms with van der Waals surface area (Å²) in [6.07, 6.45) is 5.63. The van der Waals surface area contributed by atoms with Crippen LogP contribution in [0.1, 0.15) is 140 Å². The van der Waals surface area contributed by atoms with Crippen molar-refractivity contribution in [3.8, 4) is 0 Å². The molecular weight excluding hydrogens is 468 g/mol. The van der Waals surface area contributed by atoms with Crippen molar-refractivity contribution in [2.24, 2.45) is 0 Å². The summed E-state index contributed by atoms with van der Waals surface area (Å²) >= 11 is 0. The lowest BCUT2D eigenvalue weighted by Crippen LogP contribution is -2.29. The Hall–Kier alpha value is -2.88. The molecule has 0 spiro atoms. The van der Waals surface area contributed by atoms with E-state index in [-0.39, 0.29) is 21.7 Å². The molecule has 0 radical (unpaired) electrons. The second-order valence-corrected chi connectivity index (χ2v) is 11.9. The Kier molecular flexibility index (Phi) is 6.60. The van der Waals surface area contributed by atoms with Crippen molar-refractivity contribution >= 4 is 0 Å². The van der Waals surface area contributed by atoms with Crippen LogP contribution in [-0.4, -0.2) is 9.97 Å². The van der Waals surface area contributed by atoms with Gasteiger partial charge >= 0.3 is 0 Å². The van der Waals surface area contributed by atoms with Crippen LogP contribution in [0.3, 0.4) is 0 Å². The summed E-state index contributed by atoms with van der Waals surface area (Å²) in [5, 5.41) is 0. The molecular formula is C34H46N2O2. The first-order valence-corrected chi connectivity index (χ1v) is 14.8. The zero-order valence-corrected chi connectivity index (χ0v) is 24.7. The van der Waals surface area contributed by atoms with E-state index < -0.39 is 0 Å². The molecule has 8 bridgehead atoms. The molecule has 0 saturated heterocycles. The van der Waals surface area contributed by atoms with Crippen molar-refractivity contribution in [2.75, 3.05) is 0 Å². The summed E-state index contributed by atoms with van der Waals surface area (Å²) in [6.45, 7) is 18.2. The summed E-state index contributed by atoms with van der Waals surface area (Å²) < 4.78 is 13.8.